The minimum Gasteiger partial charge on any atom is -0.264 e. The first-order valence-electron chi connectivity index (χ1n) is 16.2. The second-order valence-corrected chi connectivity index (χ2v) is 12.1. The van der Waals surface area contributed by atoms with Gasteiger partial charge in [0, 0.05) is 29.1 Å². The number of hydrogen-bond donors (Lipinski definition) is 0. The zero-order valence-electron chi connectivity index (χ0n) is 26.1. The molecule has 3 heteroatoms. The SMILES string of the molecule is c1ccc(-c2cc(-c3ccc(-c4cccnc4)cc3)nc(-c3ccc(-c4ccc5c6ccccc6c6ccccc6c5c4)cc3)n2)cc1. The summed E-state index contributed by atoms with van der Waals surface area (Å²) in [6, 6.07) is 57.8. The molecule has 48 heavy (non-hydrogen) atoms. The molecular formula is C45H29N3. The maximum atomic E-state index is 5.08. The lowest BCUT2D eigenvalue weighted by atomic mass is 9.92. The van der Waals surface area contributed by atoms with Gasteiger partial charge >= 0.3 is 0 Å². The molecule has 0 bridgehead atoms. The molecule has 9 rings (SSSR count). The van der Waals surface area contributed by atoms with E-state index < -0.39 is 0 Å². The Balaban J connectivity index is 1.11. The largest absolute Gasteiger partial charge is 0.264 e. The summed E-state index contributed by atoms with van der Waals surface area (Å²) in [6.45, 7) is 0. The van der Waals surface area contributed by atoms with Gasteiger partial charge < -0.3 is 0 Å². The molecule has 0 fully saturated rings. The highest BCUT2D eigenvalue weighted by molar-refractivity contribution is 6.25. The zero-order valence-corrected chi connectivity index (χ0v) is 26.1. The van der Waals surface area contributed by atoms with Gasteiger partial charge in [-0.25, -0.2) is 9.97 Å². The van der Waals surface area contributed by atoms with E-state index in [1.54, 1.807) is 6.20 Å². The average molecular weight is 612 g/mol. The molecule has 2 aromatic heterocycles. The number of benzene rings is 7. The van der Waals surface area contributed by atoms with Gasteiger partial charge in [-0.1, -0.05) is 146 Å². The molecule has 0 unspecified atom stereocenters. The highest BCUT2D eigenvalue weighted by Crippen LogP contribution is 2.37. The monoisotopic (exact) mass is 611 g/mol. The smallest absolute Gasteiger partial charge is 0.160 e. The van der Waals surface area contributed by atoms with Crippen molar-refractivity contribution in [2.75, 3.05) is 0 Å². The van der Waals surface area contributed by atoms with Crippen LogP contribution in [0.2, 0.25) is 0 Å². The van der Waals surface area contributed by atoms with Crippen molar-refractivity contribution in [3.05, 3.63) is 176 Å². The number of nitrogens with zero attached hydrogens (tertiary/aromatic N) is 3. The molecule has 0 saturated heterocycles. The molecule has 0 amide bonds. The van der Waals surface area contributed by atoms with Crippen molar-refractivity contribution in [3.8, 4) is 56.2 Å². The summed E-state index contributed by atoms with van der Waals surface area (Å²) in [5.41, 5.74) is 9.39. The van der Waals surface area contributed by atoms with Gasteiger partial charge in [-0.05, 0) is 72.8 Å². The normalized spacial score (nSPS) is 11.3. The number of fused-ring (bicyclic) bond motifs is 6. The highest BCUT2D eigenvalue weighted by atomic mass is 14.9. The quantitative estimate of drug-likeness (QED) is 0.182. The summed E-state index contributed by atoms with van der Waals surface area (Å²) in [7, 11) is 0. The second-order valence-electron chi connectivity index (χ2n) is 12.1. The number of aromatic nitrogens is 3. The van der Waals surface area contributed by atoms with Crippen molar-refractivity contribution in [2.45, 2.75) is 0 Å². The van der Waals surface area contributed by atoms with Gasteiger partial charge in [0.2, 0.25) is 0 Å². The van der Waals surface area contributed by atoms with E-state index in [-0.39, 0.29) is 0 Å². The van der Waals surface area contributed by atoms with E-state index in [0.29, 0.717) is 5.82 Å². The highest BCUT2D eigenvalue weighted by Gasteiger charge is 2.13. The van der Waals surface area contributed by atoms with Crippen molar-refractivity contribution >= 4 is 32.3 Å². The van der Waals surface area contributed by atoms with Gasteiger partial charge in [-0.2, -0.15) is 0 Å². The minimum atomic E-state index is 0.699. The van der Waals surface area contributed by atoms with Crippen LogP contribution in [-0.4, -0.2) is 15.0 Å². The minimum absolute atomic E-state index is 0.699. The van der Waals surface area contributed by atoms with Gasteiger partial charge in [0.25, 0.3) is 0 Å². The number of hydrogen-bond acceptors (Lipinski definition) is 3. The first-order valence-corrected chi connectivity index (χ1v) is 16.2. The Morgan fingerprint density at radius 1 is 0.292 bits per heavy atom. The van der Waals surface area contributed by atoms with E-state index in [1.807, 2.05) is 30.5 Å². The van der Waals surface area contributed by atoms with Gasteiger partial charge in [0.15, 0.2) is 5.82 Å². The molecule has 3 nitrogen and oxygen atoms in total. The van der Waals surface area contributed by atoms with Crippen LogP contribution in [0.1, 0.15) is 0 Å². The first kappa shape index (κ1) is 27.8. The third kappa shape index (κ3) is 4.99. The Labute approximate surface area is 278 Å². The fourth-order valence-electron chi connectivity index (χ4n) is 6.75. The Morgan fingerprint density at radius 2 is 0.750 bits per heavy atom. The van der Waals surface area contributed by atoms with E-state index in [2.05, 4.69) is 145 Å². The van der Waals surface area contributed by atoms with Crippen LogP contribution < -0.4 is 0 Å². The zero-order chi connectivity index (χ0) is 31.9. The van der Waals surface area contributed by atoms with Crippen LogP contribution in [0.3, 0.4) is 0 Å². The van der Waals surface area contributed by atoms with Crippen LogP contribution in [0.15, 0.2) is 176 Å². The van der Waals surface area contributed by atoms with Crippen molar-refractivity contribution in [3.63, 3.8) is 0 Å². The molecule has 9 aromatic rings. The number of pyridine rings is 1. The Morgan fingerprint density at radius 3 is 1.35 bits per heavy atom. The van der Waals surface area contributed by atoms with Crippen LogP contribution in [-0.2, 0) is 0 Å². The van der Waals surface area contributed by atoms with Gasteiger partial charge in [0.05, 0.1) is 11.4 Å². The fourth-order valence-corrected chi connectivity index (χ4v) is 6.75. The molecule has 7 aromatic carbocycles. The van der Waals surface area contributed by atoms with Crippen LogP contribution in [0.5, 0.6) is 0 Å². The van der Waals surface area contributed by atoms with Crippen molar-refractivity contribution in [1.29, 1.82) is 0 Å². The summed E-state index contributed by atoms with van der Waals surface area (Å²) < 4.78 is 0. The topological polar surface area (TPSA) is 38.7 Å². The van der Waals surface area contributed by atoms with E-state index in [9.17, 15) is 0 Å². The lowest BCUT2D eigenvalue weighted by Gasteiger charge is -2.12. The van der Waals surface area contributed by atoms with Crippen LogP contribution in [0, 0.1) is 0 Å². The number of rotatable bonds is 5. The summed E-state index contributed by atoms with van der Waals surface area (Å²) in [5, 5.41) is 7.67. The molecule has 0 atom stereocenters. The van der Waals surface area contributed by atoms with Gasteiger partial charge in [-0.3, -0.25) is 4.98 Å². The molecule has 224 valence electrons. The van der Waals surface area contributed by atoms with E-state index in [1.165, 1.54) is 37.9 Å². The predicted molar refractivity (Wildman–Crippen MR) is 200 cm³/mol. The Bertz CT molecular complexity index is 2540. The van der Waals surface area contributed by atoms with Crippen molar-refractivity contribution in [2.24, 2.45) is 0 Å². The Hall–Kier alpha value is -6.45. The first-order chi connectivity index (χ1) is 23.8. The van der Waals surface area contributed by atoms with Crippen LogP contribution in [0.4, 0.5) is 0 Å². The third-order valence-corrected chi connectivity index (χ3v) is 9.19. The molecule has 0 aliphatic heterocycles. The summed E-state index contributed by atoms with van der Waals surface area (Å²) in [5.74, 6) is 0.699. The maximum absolute atomic E-state index is 5.08. The molecule has 0 saturated carbocycles. The summed E-state index contributed by atoms with van der Waals surface area (Å²) in [4.78, 5) is 14.4. The molecule has 0 aliphatic rings. The molecule has 0 aliphatic carbocycles. The molecule has 0 spiro atoms. The van der Waals surface area contributed by atoms with E-state index in [0.717, 1.165) is 44.8 Å². The average Bonchev–Trinajstić information content (AvgIpc) is 3.18. The van der Waals surface area contributed by atoms with E-state index >= 15 is 0 Å². The van der Waals surface area contributed by atoms with Gasteiger partial charge in [0.1, 0.15) is 0 Å². The summed E-state index contributed by atoms with van der Waals surface area (Å²) in [6.07, 6.45) is 3.68. The van der Waals surface area contributed by atoms with Crippen molar-refractivity contribution in [1.82, 2.24) is 15.0 Å². The van der Waals surface area contributed by atoms with E-state index in [4.69, 9.17) is 9.97 Å². The van der Waals surface area contributed by atoms with Gasteiger partial charge in [-0.15, -0.1) is 0 Å². The predicted octanol–water partition coefficient (Wildman–Crippen LogP) is 11.7. The Kier molecular flexibility index (Phi) is 6.80. The molecule has 0 radical (unpaired) electrons. The molecule has 0 N–H and O–H groups in total. The second kappa shape index (κ2) is 11.7. The standard InChI is InChI=1S/C45H29N3/c1-2-9-32(10-3-1)43-28-44(33-20-16-31(17-21-33)36-11-8-26-46-29-36)48-45(47-43)34-22-18-30(19-23-34)35-24-25-41-39-14-5-4-12-37(39)38-13-6-7-15-40(38)42(41)27-35/h1-29H. The fraction of sp³-hybridized carbons (Fsp3) is 0. The van der Waals surface area contributed by atoms with Crippen LogP contribution in [0.25, 0.3) is 88.5 Å². The molecule has 2 heterocycles. The summed E-state index contributed by atoms with van der Waals surface area (Å²) >= 11 is 0. The maximum Gasteiger partial charge on any atom is 0.160 e. The lowest BCUT2D eigenvalue weighted by molar-refractivity contribution is 1.18. The van der Waals surface area contributed by atoms with Crippen LogP contribution >= 0.6 is 0 Å². The lowest BCUT2D eigenvalue weighted by Crippen LogP contribution is -1.96. The van der Waals surface area contributed by atoms with Crippen molar-refractivity contribution < 1.29 is 0 Å². The molecular weight excluding hydrogens is 583 g/mol. The third-order valence-electron chi connectivity index (χ3n) is 9.19.